The molecule has 0 bridgehead atoms. The van der Waals surface area contributed by atoms with Crippen molar-refractivity contribution in [3.05, 3.63) is 58.9 Å². The normalized spacial score (nSPS) is 10.2. The van der Waals surface area contributed by atoms with E-state index in [4.69, 9.17) is 11.6 Å². The number of amides is 1. The second kappa shape index (κ2) is 5.19. The van der Waals surface area contributed by atoms with E-state index in [0.29, 0.717) is 10.7 Å². The van der Waals surface area contributed by atoms with Gasteiger partial charge in [0, 0.05) is 24.0 Å². The SMILES string of the molecule is Cc1cc(C(=O)N(C)c2ccccc2)cc(Cl)n1. The molecule has 1 heterocycles. The summed E-state index contributed by atoms with van der Waals surface area (Å²) in [6.07, 6.45) is 0. The fourth-order valence-electron chi connectivity index (χ4n) is 1.71. The van der Waals surface area contributed by atoms with Crippen LogP contribution in [0.3, 0.4) is 0 Å². The molecule has 0 N–H and O–H groups in total. The van der Waals surface area contributed by atoms with Gasteiger partial charge >= 0.3 is 0 Å². The Morgan fingerprint density at radius 2 is 1.89 bits per heavy atom. The monoisotopic (exact) mass is 260 g/mol. The zero-order chi connectivity index (χ0) is 13.1. The minimum atomic E-state index is -0.103. The lowest BCUT2D eigenvalue weighted by Gasteiger charge is -2.17. The molecule has 1 amide bonds. The highest BCUT2D eigenvalue weighted by atomic mass is 35.5. The van der Waals surface area contributed by atoms with Gasteiger partial charge in [-0.25, -0.2) is 4.98 Å². The third kappa shape index (κ3) is 2.68. The molecular weight excluding hydrogens is 248 g/mol. The molecule has 3 nitrogen and oxygen atoms in total. The topological polar surface area (TPSA) is 33.2 Å². The fourth-order valence-corrected chi connectivity index (χ4v) is 1.96. The maximum atomic E-state index is 12.3. The Balaban J connectivity index is 2.31. The third-order valence-corrected chi connectivity index (χ3v) is 2.81. The van der Waals surface area contributed by atoms with E-state index >= 15 is 0 Å². The first-order chi connectivity index (χ1) is 8.58. The molecule has 0 aliphatic carbocycles. The number of nitrogens with zero attached hydrogens (tertiary/aromatic N) is 2. The molecule has 0 saturated heterocycles. The van der Waals surface area contributed by atoms with E-state index in [-0.39, 0.29) is 5.91 Å². The highest BCUT2D eigenvalue weighted by Crippen LogP contribution is 2.17. The Labute approximate surface area is 111 Å². The van der Waals surface area contributed by atoms with Crippen molar-refractivity contribution in [2.45, 2.75) is 6.92 Å². The van der Waals surface area contributed by atoms with Gasteiger partial charge in [-0.2, -0.15) is 0 Å². The molecule has 0 radical (unpaired) electrons. The lowest BCUT2D eigenvalue weighted by molar-refractivity contribution is 0.0993. The molecule has 2 aromatic rings. The van der Waals surface area contributed by atoms with Crippen molar-refractivity contribution in [3.8, 4) is 0 Å². The largest absolute Gasteiger partial charge is 0.311 e. The first kappa shape index (κ1) is 12.6. The molecule has 2 rings (SSSR count). The van der Waals surface area contributed by atoms with Gasteiger partial charge in [-0.3, -0.25) is 4.79 Å². The van der Waals surface area contributed by atoms with Crippen LogP contribution in [0, 0.1) is 6.92 Å². The molecule has 0 unspecified atom stereocenters. The molecule has 18 heavy (non-hydrogen) atoms. The van der Waals surface area contributed by atoms with Gasteiger partial charge in [0.05, 0.1) is 0 Å². The second-order valence-electron chi connectivity index (χ2n) is 4.02. The summed E-state index contributed by atoms with van der Waals surface area (Å²) in [6, 6.07) is 12.8. The lowest BCUT2D eigenvalue weighted by atomic mass is 10.2. The molecule has 0 aliphatic rings. The van der Waals surface area contributed by atoms with Crippen LogP contribution in [-0.4, -0.2) is 17.9 Å². The number of para-hydroxylation sites is 1. The van der Waals surface area contributed by atoms with Gasteiger partial charge in [-0.1, -0.05) is 29.8 Å². The zero-order valence-corrected chi connectivity index (χ0v) is 11.0. The average molecular weight is 261 g/mol. The van der Waals surface area contributed by atoms with E-state index in [9.17, 15) is 4.79 Å². The highest BCUT2D eigenvalue weighted by Gasteiger charge is 2.14. The summed E-state index contributed by atoms with van der Waals surface area (Å²) in [7, 11) is 1.74. The number of carbonyl (C=O) groups excluding carboxylic acids is 1. The predicted molar refractivity (Wildman–Crippen MR) is 73.2 cm³/mol. The van der Waals surface area contributed by atoms with Crippen molar-refractivity contribution < 1.29 is 4.79 Å². The van der Waals surface area contributed by atoms with Crippen molar-refractivity contribution in [2.24, 2.45) is 0 Å². The lowest BCUT2D eigenvalue weighted by Crippen LogP contribution is -2.26. The van der Waals surface area contributed by atoms with Crippen molar-refractivity contribution >= 4 is 23.2 Å². The molecule has 0 aliphatic heterocycles. The van der Waals surface area contributed by atoms with Crippen LogP contribution in [0.2, 0.25) is 5.15 Å². The van der Waals surface area contributed by atoms with Gasteiger partial charge in [0.15, 0.2) is 0 Å². The molecule has 4 heteroatoms. The van der Waals surface area contributed by atoms with Crippen LogP contribution < -0.4 is 4.90 Å². The minimum absolute atomic E-state index is 0.103. The maximum absolute atomic E-state index is 12.3. The van der Waals surface area contributed by atoms with Crippen LogP contribution in [0.5, 0.6) is 0 Å². The molecule has 92 valence electrons. The second-order valence-corrected chi connectivity index (χ2v) is 4.41. The summed E-state index contributed by atoms with van der Waals surface area (Å²) in [5, 5.41) is 0.333. The number of carbonyl (C=O) groups is 1. The molecule has 0 fully saturated rings. The maximum Gasteiger partial charge on any atom is 0.258 e. The summed E-state index contributed by atoms with van der Waals surface area (Å²) in [5.41, 5.74) is 2.11. The number of benzene rings is 1. The van der Waals surface area contributed by atoms with Crippen molar-refractivity contribution in [2.75, 3.05) is 11.9 Å². The number of anilines is 1. The van der Waals surface area contributed by atoms with Crippen LogP contribution in [0.4, 0.5) is 5.69 Å². The van der Waals surface area contributed by atoms with E-state index in [2.05, 4.69) is 4.98 Å². The van der Waals surface area contributed by atoms with Crippen molar-refractivity contribution in [1.82, 2.24) is 4.98 Å². The van der Waals surface area contributed by atoms with Crippen LogP contribution in [-0.2, 0) is 0 Å². The van der Waals surface area contributed by atoms with E-state index in [0.717, 1.165) is 11.4 Å². The third-order valence-electron chi connectivity index (χ3n) is 2.62. The van der Waals surface area contributed by atoms with E-state index in [1.54, 1.807) is 24.1 Å². The Bertz CT molecular complexity index is 549. The molecule has 0 atom stereocenters. The molecular formula is C14H13ClN2O. The average Bonchev–Trinajstić information content (AvgIpc) is 2.37. The number of hydrogen-bond donors (Lipinski definition) is 0. The zero-order valence-electron chi connectivity index (χ0n) is 10.2. The van der Waals surface area contributed by atoms with E-state index in [1.165, 1.54) is 0 Å². The quantitative estimate of drug-likeness (QED) is 0.776. The van der Waals surface area contributed by atoms with Crippen LogP contribution in [0.1, 0.15) is 16.1 Å². The summed E-state index contributed by atoms with van der Waals surface area (Å²) in [4.78, 5) is 17.9. The smallest absolute Gasteiger partial charge is 0.258 e. The van der Waals surface area contributed by atoms with Crippen molar-refractivity contribution in [1.29, 1.82) is 0 Å². The van der Waals surface area contributed by atoms with Crippen molar-refractivity contribution in [3.63, 3.8) is 0 Å². The van der Waals surface area contributed by atoms with E-state index < -0.39 is 0 Å². The Morgan fingerprint density at radius 3 is 2.50 bits per heavy atom. The number of aryl methyl sites for hydroxylation is 1. The van der Waals surface area contributed by atoms with Gasteiger partial charge in [0.1, 0.15) is 5.15 Å². The Hall–Kier alpha value is -1.87. The summed E-state index contributed by atoms with van der Waals surface area (Å²) >= 11 is 5.86. The van der Waals surface area contributed by atoms with Gasteiger partial charge < -0.3 is 4.90 Å². The number of halogens is 1. The number of aromatic nitrogens is 1. The van der Waals surface area contributed by atoms with Gasteiger partial charge in [-0.15, -0.1) is 0 Å². The summed E-state index contributed by atoms with van der Waals surface area (Å²) in [5.74, 6) is -0.103. The number of hydrogen-bond acceptors (Lipinski definition) is 2. The molecule has 1 aromatic carbocycles. The minimum Gasteiger partial charge on any atom is -0.311 e. The van der Waals surface area contributed by atoms with Crippen LogP contribution >= 0.6 is 11.6 Å². The Kier molecular flexibility index (Phi) is 3.63. The van der Waals surface area contributed by atoms with E-state index in [1.807, 2.05) is 37.3 Å². The number of rotatable bonds is 2. The standard InChI is InChI=1S/C14H13ClN2O/c1-10-8-11(9-13(15)16-10)14(18)17(2)12-6-4-3-5-7-12/h3-9H,1-2H3. The van der Waals surface area contributed by atoms with Gasteiger partial charge in [-0.05, 0) is 31.2 Å². The van der Waals surface area contributed by atoms with Gasteiger partial charge in [0.2, 0.25) is 0 Å². The highest BCUT2D eigenvalue weighted by molar-refractivity contribution is 6.29. The molecule has 0 spiro atoms. The van der Waals surface area contributed by atoms with Gasteiger partial charge in [0.25, 0.3) is 5.91 Å². The number of pyridine rings is 1. The first-order valence-electron chi connectivity index (χ1n) is 5.55. The molecule has 0 saturated carbocycles. The summed E-state index contributed by atoms with van der Waals surface area (Å²) < 4.78 is 0. The van der Waals surface area contributed by atoms with Crippen LogP contribution in [0.25, 0.3) is 0 Å². The van der Waals surface area contributed by atoms with Crippen LogP contribution in [0.15, 0.2) is 42.5 Å². The first-order valence-corrected chi connectivity index (χ1v) is 5.93. The molecule has 1 aromatic heterocycles. The summed E-state index contributed by atoms with van der Waals surface area (Å²) in [6.45, 7) is 1.81. The Morgan fingerprint density at radius 1 is 1.22 bits per heavy atom. The predicted octanol–water partition coefficient (Wildman–Crippen LogP) is 3.32. The fraction of sp³-hybridized carbons (Fsp3) is 0.143.